The Morgan fingerprint density at radius 1 is 1.11 bits per heavy atom. The number of carbonyl (C=O) groups is 2. The van der Waals surface area contributed by atoms with Crippen LogP contribution < -0.4 is 19.9 Å². The van der Waals surface area contributed by atoms with Crippen molar-refractivity contribution in [2.24, 2.45) is 0 Å². The second kappa shape index (κ2) is 10.5. The molecular formula is C24H27N7O4S. The first-order chi connectivity index (χ1) is 17.4. The molecule has 2 aliphatic rings. The fraction of sp³-hybridized carbons (Fsp3) is 0.375. The van der Waals surface area contributed by atoms with Crippen LogP contribution >= 0.6 is 11.8 Å². The summed E-state index contributed by atoms with van der Waals surface area (Å²) >= 11 is 0.856. The lowest BCUT2D eigenvalue weighted by Crippen LogP contribution is -2.32. The highest BCUT2D eigenvalue weighted by Crippen LogP contribution is 2.27. The summed E-state index contributed by atoms with van der Waals surface area (Å²) < 4.78 is 11.9. The number of benzene rings is 1. The van der Waals surface area contributed by atoms with Crippen molar-refractivity contribution in [2.75, 3.05) is 63.2 Å². The maximum atomic E-state index is 12.1. The van der Waals surface area contributed by atoms with Crippen molar-refractivity contribution in [3.05, 3.63) is 40.9 Å². The van der Waals surface area contributed by atoms with Crippen LogP contribution in [0, 0.1) is 0 Å². The van der Waals surface area contributed by atoms with Crippen LogP contribution in [0.3, 0.4) is 0 Å². The van der Waals surface area contributed by atoms with Gasteiger partial charge >= 0.3 is 0 Å². The first kappa shape index (κ1) is 24.1. The van der Waals surface area contributed by atoms with E-state index in [1.807, 2.05) is 43.3 Å². The summed E-state index contributed by atoms with van der Waals surface area (Å²) in [7, 11) is 3.94. The zero-order chi connectivity index (χ0) is 25.1. The van der Waals surface area contributed by atoms with E-state index in [1.54, 1.807) is 12.1 Å². The number of rotatable bonds is 7. The monoisotopic (exact) mass is 509 g/mol. The fourth-order valence-corrected chi connectivity index (χ4v) is 4.58. The molecule has 2 aromatic heterocycles. The number of ether oxygens (including phenoxy) is 1. The van der Waals surface area contributed by atoms with E-state index in [0.717, 1.165) is 48.9 Å². The maximum absolute atomic E-state index is 12.1. The van der Waals surface area contributed by atoms with Crippen LogP contribution in [-0.4, -0.2) is 84.4 Å². The number of thioether (sulfide) groups is 1. The molecule has 0 spiro atoms. The second-order valence-corrected chi connectivity index (χ2v) is 9.74. The number of oxazole rings is 1. The minimum atomic E-state index is -0.427. The highest BCUT2D eigenvalue weighted by atomic mass is 32.2. The normalized spacial score (nSPS) is 17.8. The first-order valence-electron chi connectivity index (χ1n) is 11.7. The zero-order valence-corrected chi connectivity index (χ0v) is 21.0. The van der Waals surface area contributed by atoms with Crippen molar-refractivity contribution in [2.45, 2.75) is 6.42 Å². The van der Waals surface area contributed by atoms with Gasteiger partial charge in [0.05, 0.1) is 10.6 Å². The molecule has 3 aromatic rings. The van der Waals surface area contributed by atoms with Crippen LogP contribution in [0.15, 0.2) is 39.7 Å². The summed E-state index contributed by atoms with van der Waals surface area (Å²) in [5.74, 6) is 0.505. The lowest BCUT2D eigenvalue weighted by atomic mass is 10.3. The number of amides is 2. The largest absolute Gasteiger partial charge is 0.476 e. The van der Waals surface area contributed by atoms with Crippen molar-refractivity contribution in [1.82, 2.24) is 25.2 Å². The second-order valence-electron chi connectivity index (χ2n) is 8.73. The molecule has 0 bridgehead atoms. The van der Waals surface area contributed by atoms with Gasteiger partial charge in [0, 0.05) is 38.8 Å². The predicted octanol–water partition coefficient (Wildman–Crippen LogP) is 2.60. The van der Waals surface area contributed by atoms with Gasteiger partial charge < -0.3 is 23.9 Å². The molecule has 11 nitrogen and oxygen atoms in total. The van der Waals surface area contributed by atoms with E-state index in [4.69, 9.17) is 9.15 Å². The average molecular weight is 510 g/mol. The molecule has 2 amide bonds. The van der Waals surface area contributed by atoms with Gasteiger partial charge in [-0.25, -0.2) is 4.98 Å². The number of imide groups is 1. The van der Waals surface area contributed by atoms with Gasteiger partial charge in [-0.15, -0.1) is 0 Å². The zero-order valence-electron chi connectivity index (χ0n) is 20.1. The lowest BCUT2D eigenvalue weighted by Gasteiger charge is -2.22. The van der Waals surface area contributed by atoms with Crippen molar-refractivity contribution in [3.63, 3.8) is 0 Å². The van der Waals surface area contributed by atoms with Gasteiger partial charge in [0.1, 0.15) is 12.1 Å². The Balaban J connectivity index is 1.37. The van der Waals surface area contributed by atoms with E-state index in [2.05, 4.69) is 30.1 Å². The van der Waals surface area contributed by atoms with Crippen molar-refractivity contribution in [3.8, 4) is 5.88 Å². The summed E-state index contributed by atoms with van der Waals surface area (Å²) in [6.45, 7) is 4.05. The van der Waals surface area contributed by atoms with E-state index in [-0.39, 0.29) is 0 Å². The molecule has 0 atom stereocenters. The van der Waals surface area contributed by atoms with Crippen molar-refractivity contribution >= 4 is 52.0 Å². The van der Waals surface area contributed by atoms with Crippen molar-refractivity contribution < 1.29 is 18.7 Å². The predicted molar refractivity (Wildman–Crippen MR) is 138 cm³/mol. The highest BCUT2D eigenvalue weighted by molar-refractivity contribution is 8.18. The Labute approximate surface area is 212 Å². The number of aromatic nitrogens is 3. The Bertz CT molecular complexity index is 1280. The van der Waals surface area contributed by atoms with Crippen LogP contribution in [0.25, 0.3) is 17.2 Å². The minimum Gasteiger partial charge on any atom is -0.476 e. The molecule has 0 unspecified atom stereocenters. The van der Waals surface area contributed by atoms with Gasteiger partial charge in [-0.05, 0) is 50.5 Å². The molecule has 12 heteroatoms. The number of para-hydroxylation sites is 2. The molecule has 2 saturated heterocycles. The van der Waals surface area contributed by atoms with Gasteiger partial charge in [0.25, 0.3) is 17.2 Å². The third-order valence-corrected chi connectivity index (χ3v) is 6.56. The summed E-state index contributed by atoms with van der Waals surface area (Å²) in [4.78, 5) is 44.1. The number of hydrogen-bond acceptors (Lipinski definition) is 11. The Morgan fingerprint density at radius 3 is 2.69 bits per heavy atom. The van der Waals surface area contributed by atoms with E-state index < -0.39 is 11.1 Å². The van der Waals surface area contributed by atoms with Crippen LogP contribution in [0.5, 0.6) is 5.88 Å². The molecule has 2 aliphatic heterocycles. The molecule has 36 heavy (non-hydrogen) atoms. The molecule has 0 radical (unpaired) electrons. The number of nitrogens with zero attached hydrogens (tertiary/aromatic N) is 6. The molecule has 0 aliphatic carbocycles. The number of hydrogen-bond donors (Lipinski definition) is 1. The summed E-state index contributed by atoms with van der Waals surface area (Å²) in [6.07, 6.45) is 2.45. The molecule has 5 rings (SSSR count). The Kier molecular flexibility index (Phi) is 7.05. The maximum Gasteiger partial charge on any atom is 0.298 e. The summed E-state index contributed by atoms with van der Waals surface area (Å²) in [5.41, 5.74) is 2.11. The van der Waals surface area contributed by atoms with Gasteiger partial charge in [-0.3, -0.25) is 14.9 Å². The van der Waals surface area contributed by atoms with Gasteiger partial charge in [0.2, 0.25) is 11.8 Å². The Hall–Kier alpha value is -3.64. The van der Waals surface area contributed by atoms with Gasteiger partial charge in [0.15, 0.2) is 5.58 Å². The van der Waals surface area contributed by atoms with Crippen LogP contribution in [0.2, 0.25) is 0 Å². The third-order valence-electron chi connectivity index (χ3n) is 5.75. The quantitative estimate of drug-likeness (QED) is 0.474. The number of likely N-dealkylation sites (N-methyl/N-ethyl adjacent to an activating group) is 1. The van der Waals surface area contributed by atoms with Crippen LogP contribution in [0.1, 0.15) is 12.1 Å². The molecule has 4 heterocycles. The van der Waals surface area contributed by atoms with Crippen LogP contribution in [-0.2, 0) is 4.79 Å². The third kappa shape index (κ3) is 5.60. The van der Waals surface area contributed by atoms with Crippen molar-refractivity contribution in [1.29, 1.82) is 0 Å². The molecule has 1 N–H and O–H groups in total. The number of anilines is 2. The smallest absolute Gasteiger partial charge is 0.298 e. The SMILES string of the molecule is CN(C)CCOc1cc(C=C2SC(=O)NC2=O)nc(N2CCCN(c3nc4ccccc4o3)CC2)n1. The van der Waals surface area contributed by atoms with Gasteiger partial charge in [-0.2, -0.15) is 9.97 Å². The first-order valence-corrected chi connectivity index (χ1v) is 12.5. The number of carbonyl (C=O) groups excluding carboxylic acids is 2. The highest BCUT2D eigenvalue weighted by Gasteiger charge is 2.26. The molecule has 2 fully saturated rings. The fourth-order valence-electron chi connectivity index (χ4n) is 3.91. The summed E-state index contributed by atoms with van der Waals surface area (Å²) in [5, 5.41) is 1.88. The van der Waals surface area contributed by atoms with E-state index in [1.165, 1.54) is 0 Å². The molecular weight excluding hydrogens is 482 g/mol. The molecule has 188 valence electrons. The average Bonchev–Trinajstić information content (AvgIpc) is 3.30. The standard InChI is InChI=1S/C24H27N7O4S/c1-29(2)12-13-34-20-15-16(14-19-21(32)28-24(33)36-19)25-22(27-20)30-8-5-9-31(11-10-30)23-26-17-6-3-4-7-18(17)35-23/h3-4,6-7,14-15H,5,8-13H2,1-2H3,(H,28,32,33). The van der Waals surface area contributed by atoms with E-state index in [0.29, 0.717) is 48.1 Å². The van der Waals surface area contributed by atoms with E-state index in [9.17, 15) is 9.59 Å². The number of nitrogens with one attached hydrogen (secondary N) is 1. The Morgan fingerprint density at radius 2 is 1.92 bits per heavy atom. The molecule has 0 saturated carbocycles. The molecule has 1 aromatic carbocycles. The van der Waals surface area contributed by atoms with Crippen LogP contribution in [0.4, 0.5) is 16.8 Å². The summed E-state index contributed by atoms with van der Waals surface area (Å²) in [6, 6.07) is 10.0. The lowest BCUT2D eigenvalue weighted by molar-refractivity contribution is -0.115. The van der Waals surface area contributed by atoms with E-state index >= 15 is 0 Å². The minimum absolute atomic E-state index is 0.293. The topological polar surface area (TPSA) is 117 Å². The van der Waals surface area contributed by atoms with Gasteiger partial charge in [-0.1, -0.05) is 12.1 Å². The number of fused-ring (bicyclic) bond motifs is 1.